The molecule has 148 valence electrons. The van der Waals surface area contributed by atoms with Gasteiger partial charge in [-0.15, -0.1) is 0 Å². The average Bonchev–Trinajstić information content (AvgIpc) is 3.17. The second-order valence-corrected chi connectivity index (χ2v) is 7.28. The third kappa shape index (κ3) is 5.14. The number of hydrogen-bond acceptors (Lipinski definition) is 4. The number of benzene rings is 2. The van der Waals surface area contributed by atoms with Gasteiger partial charge in [-0.2, -0.15) is 5.10 Å². The van der Waals surface area contributed by atoms with Crippen LogP contribution in [0, 0.1) is 0 Å². The SMILES string of the molecule is CCCOc1c(Br)cc(CNCc2cn[nH]c2-c2ccccc2)cc1OCC. The number of nitrogens with zero attached hydrogens (tertiary/aromatic N) is 1. The number of rotatable bonds is 10. The molecule has 0 spiro atoms. The van der Waals surface area contributed by atoms with E-state index in [0.717, 1.165) is 51.3 Å². The van der Waals surface area contributed by atoms with E-state index < -0.39 is 0 Å². The van der Waals surface area contributed by atoms with Gasteiger partial charge in [0.1, 0.15) is 0 Å². The Labute approximate surface area is 174 Å². The van der Waals surface area contributed by atoms with Gasteiger partial charge in [0.2, 0.25) is 0 Å². The summed E-state index contributed by atoms with van der Waals surface area (Å²) in [5, 5.41) is 10.8. The summed E-state index contributed by atoms with van der Waals surface area (Å²) >= 11 is 3.62. The quantitative estimate of drug-likeness (QED) is 0.445. The van der Waals surface area contributed by atoms with E-state index in [4.69, 9.17) is 9.47 Å². The van der Waals surface area contributed by atoms with E-state index >= 15 is 0 Å². The Kier molecular flexibility index (Phi) is 7.51. The minimum atomic E-state index is 0.598. The largest absolute Gasteiger partial charge is 0.490 e. The molecule has 0 bridgehead atoms. The van der Waals surface area contributed by atoms with Crippen molar-refractivity contribution in [2.75, 3.05) is 13.2 Å². The van der Waals surface area contributed by atoms with Crippen molar-refractivity contribution in [1.82, 2.24) is 15.5 Å². The Bertz CT molecular complexity index is 881. The number of ether oxygens (including phenoxy) is 2. The van der Waals surface area contributed by atoms with Crippen molar-refractivity contribution in [2.24, 2.45) is 0 Å². The summed E-state index contributed by atoms with van der Waals surface area (Å²) in [5.74, 6) is 1.55. The van der Waals surface area contributed by atoms with Gasteiger partial charge in [-0.3, -0.25) is 5.10 Å². The van der Waals surface area contributed by atoms with Crippen LogP contribution in [0.15, 0.2) is 53.1 Å². The van der Waals surface area contributed by atoms with Crippen LogP contribution in [0.3, 0.4) is 0 Å². The highest BCUT2D eigenvalue weighted by molar-refractivity contribution is 9.10. The molecule has 0 aliphatic rings. The molecule has 1 aromatic heterocycles. The molecule has 0 fully saturated rings. The highest BCUT2D eigenvalue weighted by Gasteiger charge is 2.13. The third-order valence-corrected chi connectivity index (χ3v) is 4.83. The normalized spacial score (nSPS) is 10.8. The van der Waals surface area contributed by atoms with E-state index in [1.165, 1.54) is 0 Å². The number of nitrogens with one attached hydrogen (secondary N) is 2. The number of aromatic nitrogens is 2. The van der Waals surface area contributed by atoms with Crippen LogP contribution in [0.4, 0.5) is 0 Å². The topological polar surface area (TPSA) is 59.2 Å². The molecule has 0 aliphatic heterocycles. The van der Waals surface area contributed by atoms with Gasteiger partial charge in [0.15, 0.2) is 11.5 Å². The summed E-state index contributed by atoms with van der Waals surface area (Å²) in [6.45, 7) is 6.77. The summed E-state index contributed by atoms with van der Waals surface area (Å²) in [5.41, 5.74) is 4.45. The first-order valence-corrected chi connectivity index (χ1v) is 10.4. The highest BCUT2D eigenvalue weighted by Crippen LogP contribution is 2.37. The Hall–Kier alpha value is -2.31. The van der Waals surface area contributed by atoms with Crippen LogP contribution in [0.2, 0.25) is 0 Å². The van der Waals surface area contributed by atoms with Crippen LogP contribution in [0.1, 0.15) is 31.4 Å². The molecule has 6 heteroatoms. The zero-order valence-corrected chi connectivity index (χ0v) is 17.9. The molecule has 0 unspecified atom stereocenters. The van der Waals surface area contributed by atoms with E-state index in [-0.39, 0.29) is 0 Å². The molecule has 3 aromatic rings. The average molecular weight is 444 g/mol. The van der Waals surface area contributed by atoms with Crippen LogP contribution in [0.25, 0.3) is 11.3 Å². The number of H-pyrrole nitrogens is 1. The third-order valence-electron chi connectivity index (χ3n) is 4.24. The lowest BCUT2D eigenvalue weighted by atomic mass is 10.1. The van der Waals surface area contributed by atoms with Crippen LogP contribution in [-0.4, -0.2) is 23.4 Å². The molecule has 3 rings (SSSR count). The molecule has 0 amide bonds. The lowest BCUT2D eigenvalue weighted by molar-refractivity contribution is 0.275. The molecular weight excluding hydrogens is 418 g/mol. The van der Waals surface area contributed by atoms with Gasteiger partial charge in [-0.25, -0.2) is 0 Å². The molecule has 2 N–H and O–H groups in total. The Morgan fingerprint density at radius 3 is 2.64 bits per heavy atom. The van der Waals surface area contributed by atoms with Crippen molar-refractivity contribution in [3.05, 3.63) is 64.3 Å². The van der Waals surface area contributed by atoms with Gasteiger partial charge in [0.25, 0.3) is 0 Å². The molecular formula is C22H26BrN3O2. The lowest BCUT2D eigenvalue weighted by Gasteiger charge is -2.15. The van der Waals surface area contributed by atoms with Gasteiger partial charge < -0.3 is 14.8 Å². The van der Waals surface area contributed by atoms with Crippen molar-refractivity contribution in [2.45, 2.75) is 33.4 Å². The second-order valence-electron chi connectivity index (χ2n) is 6.43. The summed E-state index contributed by atoms with van der Waals surface area (Å²) in [4.78, 5) is 0. The van der Waals surface area contributed by atoms with Crippen molar-refractivity contribution < 1.29 is 9.47 Å². The van der Waals surface area contributed by atoms with Crippen molar-refractivity contribution in [1.29, 1.82) is 0 Å². The summed E-state index contributed by atoms with van der Waals surface area (Å²) in [6, 6.07) is 14.4. The molecule has 1 heterocycles. The summed E-state index contributed by atoms with van der Waals surface area (Å²) in [6.07, 6.45) is 2.83. The monoisotopic (exact) mass is 443 g/mol. The lowest BCUT2D eigenvalue weighted by Crippen LogP contribution is -2.13. The van der Waals surface area contributed by atoms with E-state index in [1.807, 2.05) is 37.4 Å². The predicted octanol–water partition coefficient (Wildman–Crippen LogP) is 5.32. The predicted molar refractivity (Wildman–Crippen MR) is 116 cm³/mol. The molecule has 0 radical (unpaired) electrons. The molecule has 0 aliphatic carbocycles. The van der Waals surface area contributed by atoms with Gasteiger partial charge in [-0.1, -0.05) is 37.3 Å². The second kappa shape index (κ2) is 10.3. The Morgan fingerprint density at radius 2 is 1.89 bits per heavy atom. The van der Waals surface area contributed by atoms with Crippen LogP contribution >= 0.6 is 15.9 Å². The van der Waals surface area contributed by atoms with E-state index in [9.17, 15) is 0 Å². The van der Waals surface area contributed by atoms with Crippen LogP contribution in [0.5, 0.6) is 11.5 Å². The molecule has 28 heavy (non-hydrogen) atoms. The van der Waals surface area contributed by atoms with Crippen molar-refractivity contribution >= 4 is 15.9 Å². The van der Waals surface area contributed by atoms with Crippen LogP contribution in [-0.2, 0) is 13.1 Å². The minimum absolute atomic E-state index is 0.598. The standard InChI is InChI=1S/C22H26BrN3O2/c1-3-10-28-22-19(23)11-16(12-20(22)27-4-2)13-24-14-18-15-25-26-21(18)17-8-6-5-7-9-17/h5-9,11-12,15,24H,3-4,10,13-14H2,1-2H3,(H,25,26). The van der Waals surface area contributed by atoms with Gasteiger partial charge in [0.05, 0.1) is 29.6 Å². The number of halogens is 1. The molecule has 5 nitrogen and oxygen atoms in total. The molecule has 0 saturated heterocycles. The Balaban J connectivity index is 1.68. The first-order chi connectivity index (χ1) is 13.7. The fourth-order valence-corrected chi connectivity index (χ4v) is 3.58. The summed E-state index contributed by atoms with van der Waals surface area (Å²) < 4.78 is 12.5. The highest BCUT2D eigenvalue weighted by atomic mass is 79.9. The smallest absolute Gasteiger partial charge is 0.175 e. The van der Waals surface area contributed by atoms with Gasteiger partial charge in [-0.05, 0) is 52.5 Å². The zero-order valence-electron chi connectivity index (χ0n) is 16.3. The van der Waals surface area contributed by atoms with E-state index in [2.05, 4.69) is 56.6 Å². The molecule has 0 saturated carbocycles. The fraction of sp³-hybridized carbons (Fsp3) is 0.318. The zero-order chi connectivity index (χ0) is 19.8. The summed E-state index contributed by atoms with van der Waals surface area (Å²) in [7, 11) is 0. The first kappa shape index (κ1) is 20.4. The fourth-order valence-electron chi connectivity index (χ4n) is 2.97. The molecule has 2 aromatic carbocycles. The number of aromatic amines is 1. The van der Waals surface area contributed by atoms with E-state index in [0.29, 0.717) is 19.8 Å². The maximum absolute atomic E-state index is 5.85. The Morgan fingerprint density at radius 1 is 1.07 bits per heavy atom. The van der Waals surface area contributed by atoms with Gasteiger partial charge in [0, 0.05) is 18.7 Å². The van der Waals surface area contributed by atoms with Gasteiger partial charge >= 0.3 is 0 Å². The van der Waals surface area contributed by atoms with E-state index in [1.54, 1.807) is 0 Å². The van der Waals surface area contributed by atoms with Crippen molar-refractivity contribution in [3.63, 3.8) is 0 Å². The maximum atomic E-state index is 5.85. The first-order valence-electron chi connectivity index (χ1n) is 9.59. The van der Waals surface area contributed by atoms with Crippen molar-refractivity contribution in [3.8, 4) is 22.8 Å². The van der Waals surface area contributed by atoms with Crippen LogP contribution < -0.4 is 14.8 Å². The molecule has 0 atom stereocenters. The maximum Gasteiger partial charge on any atom is 0.175 e. The number of hydrogen-bond donors (Lipinski definition) is 2. The minimum Gasteiger partial charge on any atom is -0.490 e.